The highest BCUT2D eigenvalue weighted by molar-refractivity contribution is 4.87. The molecule has 2 heteroatoms. The highest BCUT2D eigenvalue weighted by Crippen LogP contribution is 2.22. The third-order valence-electron chi connectivity index (χ3n) is 3.35. The Balaban J connectivity index is 0.000000845. The van der Waals surface area contributed by atoms with Crippen LogP contribution in [0.15, 0.2) is 0 Å². The van der Waals surface area contributed by atoms with Crippen molar-refractivity contribution in [2.24, 2.45) is 0 Å². The largest absolute Gasteiger partial charge is 0.298 e. The molecule has 13 heavy (non-hydrogen) atoms. The Hall–Kier alpha value is -0.0800. The fraction of sp³-hybridized carbons (Fsp3) is 1.00. The SMILES string of the molecule is C.CC(C)N1CCN2CCCC2C1. The molecule has 1 unspecified atom stereocenters. The Morgan fingerprint density at radius 2 is 1.92 bits per heavy atom. The molecule has 2 heterocycles. The van der Waals surface area contributed by atoms with Crippen LogP contribution in [0.25, 0.3) is 0 Å². The maximum atomic E-state index is 2.67. The van der Waals surface area contributed by atoms with E-state index in [9.17, 15) is 0 Å². The van der Waals surface area contributed by atoms with E-state index in [4.69, 9.17) is 0 Å². The van der Waals surface area contributed by atoms with Crippen molar-refractivity contribution < 1.29 is 0 Å². The summed E-state index contributed by atoms with van der Waals surface area (Å²) in [7, 11) is 0. The lowest BCUT2D eigenvalue weighted by atomic mass is 10.1. The van der Waals surface area contributed by atoms with Crippen molar-refractivity contribution in [3.05, 3.63) is 0 Å². The minimum Gasteiger partial charge on any atom is -0.298 e. The Morgan fingerprint density at radius 3 is 2.62 bits per heavy atom. The summed E-state index contributed by atoms with van der Waals surface area (Å²) < 4.78 is 0. The lowest BCUT2D eigenvalue weighted by Gasteiger charge is -2.39. The van der Waals surface area contributed by atoms with Gasteiger partial charge in [0, 0.05) is 31.7 Å². The summed E-state index contributed by atoms with van der Waals surface area (Å²) in [5.74, 6) is 0. The van der Waals surface area contributed by atoms with E-state index in [-0.39, 0.29) is 7.43 Å². The van der Waals surface area contributed by atoms with Crippen LogP contribution in [-0.4, -0.2) is 48.1 Å². The van der Waals surface area contributed by atoms with Crippen molar-refractivity contribution >= 4 is 0 Å². The first-order chi connectivity index (χ1) is 5.77. The molecular formula is C11H24N2. The smallest absolute Gasteiger partial charge is 0.0224 e. The van der Waals surface area contributed by atoms with Crippen molar-refractivity contribution in [3.63, 3.8) is 0 Å². The quantitative estimate of drug-likeness (QED) is 0.613. The molecule has 0 bridgehead atoms. The van der Waals surface area contributed by atoms with E-state index >= 15 is 0 Å². The number of hydrogen-bond donors (Lipinski definition) is 0. The second-order valence-corrected chi connectivity index (χ2v) is 4.42. The molecule has 2 aliphatic heterocycles. The molecule has 2 fully saturated rings. The van der Waals surface area contributed by atoms with Gasteiger partial charge < -0.3 is 0 Å². The van der Waals surface area contributed by atoms with Crippen LogP contribution in [0, 0.1) is 0 Å². The fourth-order valence-corrected chi connectivity index (χ4v) is 2.48. The van der Waals surface area contributed by atoms with Crippen molar-refractivity contribution in [2.75, 3.05) is 26.2 Å². The zero-order valence-corrected chi connectivity index (χ0v) is 8.29. The molecule has 0 aromatic carbocycles. The minimum atomic E-state index is 0. The van der Waals surface area contributed by atoms with Crippen LogP contribution in [0.4, 0.5) is 0 Å². The van der Waals surface area contributed by atoms with Gasteiger partial charge in [0.05, 0.1) is 0 Å². The molecule has 0 N–H and O–H groups in total. The van der Waals surface area contributed by atoms with Gasteiger partial charge >= 0.3 is 0 Å². The van der Waals surface area contributed by atoms with E-state index in [1.165, 1.54) is 39.0 Å². The summed E-state index contributed by atoms with van der Waals surface area (Å²) in [4.78, 5) is 5.28. The normalized spacial score (nSPS) is 30.2. The molecule has 2 aliphatic rings. The molecule has 0 aromatic rings. The Morgan fingerprint density at radius 1 is 1.15 bits per heavy atom. The van der Waals surface area contributed by atoms with Crippen LogP contribution in [0.2, 0.25) is 0 Å². The van der Waals surface area contributed by atoms with Crippen LogP contribution in [0.3, 0.4) is 0 Å². The van der Waals surface area contributed by atoms with Gasteiger partial charge in [-0.05, 0) is 33.2 Å². The van der Waals surface area contributed by atoms with E-state index in [2.05, 4.69) is 23.6 Å². The molecule has 0 saturated carbocycles. The molecule has 78 valence electrons. The molecular weight excluding hydrogens is 160 g/mol. The van der Waals surface area contributed by atoms with E-state index in [1.807, 2.05) is 0 Å². The molecule has 0 radical (unpaired) electrons. The Bertz CT molecular complexity index is 156. The lowest BCUT2D eigenvalue weighted by Crippen LogP contribution is -2.52. The second-order valence-electron chi connectivity index (χ2n) is 4.42. The monoisotopic (exact) mass is 184 g/mol. The van der Waals surface area contributed by atoms with E-state index in [1.54, 1.807) is 0 Å². The summed E-state index contributed by atoms with van der Waals surface area (Å²) in [5, 5.41) is 0. The maximum absolute atomic E-state index is 2.67. The fourth-order valence-electron chi connectivity index (χ4n) is 2.48. The van der Waals surface area contributed by atoms with Gasteiger partial charge in [-0.1, -0.05) is 7.43 Å². The highest BCUT2D eigenvalue weighted by atomic mass is 15.3. The van der Waals surface area contributed by atoms with Gasteiger partial charge in [0.15, 0.2) is 0 Å². The number of rotatable bonds is 1. The summed E-state index contributed by atoms with van der Waals surface area (Å²) in [6.45, 7) is 9.89. The van der Waals surface area contributed by atoms with E-state index in [0.717, 1.165) is 12.1 Å². The molecule has 1 atom stereocenters. The predicted octanol–water partition coefficient (Wildman–Crippen LogP) is 1.81. The van der Waals surface area contributed by atoms with Crippen LogP contribution in [0.1, 0.15) is 34.1 Å². The molecule has 2 saturated heterocycles. The number of fused-ring (bicyclic) bond motifs is 1. The standard InChI is InChI=1S/C10H20N2.CH4/c1-9(2)12-7-6-11-5-3-4-10(11)8-12;/h9-10H,3-8H2,1-2H3;1H4. The van der Waals surface area contributed by atoms with Gasteiger partial charge in [-0.3, -0.25) is 9.80 Å². The van der Waals surface area contributed by atoms with Crippen LogP contribution < -0.4 is 0 Å². The topological polar surface area (TPSA) is 6.48 Å². The van der Waals surface area contributed by atoms with E-state index < -0.39 is 0 Å². The summed E-state index contributed by atoms with van der Waals surface area (Å²) >= 11 is 0. The van der Waals surface area contributed by atoms with E-state index in [0.29, 0.717) is 0 Å². The average Bonchev–Trinajstić information content (AvgIpc) is 2.49. The molecule has 2 nitrogen and oxygen atoms in total. The van der Waals surface area contributed by atoms with Crippen LogP contribution in [-0.2, 0) is 0 Å². The third kappa shape index (κ3) is 2.23. The molecule has 0 amide bonds. The first kappa shape index (κ1) is 11.0. The second kappa shape index (κ2) is 4.43. The number of hydrogen-bond acceptors (Lipinski definition) is 2. The zero-order chi connectivity index (χ0) is 8.55. The van der Waals surface area contributed by atoms with Crippen molar-refractivity contribution in [2.45, 2.75) is 46.2 Å². The molecule has 0 aliphatic carbocycles. The van der Waals surface area contributed by atoms with Crippen LogP contribution in [0.5, 0.6) is 0 Å². The Labute approximate surface area is 82.9 Å². The van der Waals surface area contributed by atoms with Gasteiger partial charge in [-0.25, -0.2) is 0 Å². The van der Waals surface area contributed by atoms with Gasteiger partial charge in [-0.2, -0.15) is 0 Å². The maximum Gasteiger partial charge on any atom is 0.0224 e. The van der Waals surface area contributed by atoms with Crippen LogP contribution >= 0.6 is 0 Å². The van der Waals surface area contributed by atoms with Crippen molar-refractivity contribution in [1.29, 1.82) is 0 Å². The lowest BCUT2D eigenvalue weighted by molar-refractivity contribution is 0.0827. The van der Waals surface area contributed by atoms with Gasteiger partial charge in [0.1, 0.15) is 0 Å². The summed E-state index contributed by atoms with van der Waals surface area (Å²) in [6, 6.07) is 1.63. The predicted molar refractivity (Wildman–Crippen MR) is 58.0 cm³/mol. The molecule has 0 spiro atoms. The van der Waals surface area contributed by atoms with Crippen molar-refractivity contribution in [1.82, 2.24) is 9.80 Å². The molecule has 0 aromatic heterocycles. The number of piperazine rings is 1. The summed E-state index contributed by atoms with van der Waals surface area (Å²) in [6.07, 6.45) is 2.86. The summed E-state index contributed by atoms with van der Waals surface area (Å²) in [5.41, 5.74) is 0. The minimum absolute atomic E-state index is 0. The van der Waals surface area contributed by atoms with Gasteiger partial charge in [0.25, 0.3) is 0 Å². The average molecular weight is 184 g/mol. The van der Waals surface area contributed by atoms with Gasteiger partial charge in [0.2, 0.25) is 0 Å². The third-order valence-corrected chi connectivity index (χ3v) is 3.35. The first-order valence-corrected chi connectivity index (χ1v) is 5.25. The zero-order valence-electron chi connectivity index (χ0n) is 8.29. The van der Waals surface area contributed by atoms with Crippen molar-refractivity contribution in [3.8, 4) is 0 Å². The number of nitrogens with zero attached hydrogens (tertiary/aromatic N) is 2. The van der Waals surface area contributed by atoms with Gasteiger partial charge in [-0.15, -0.1) is 0 Å². The Kier molecular flexibility index (Phi) is 3.74. The first-order valence-electron chi connectivity index (χ1n) is 5.25. The highest BCUT2D eigenvalue weighted by Gasteiger charge is 2.30. The molecule has 2 rings (SSSR count).